The van der Waals surface area contributed by atoms with Gasteiger partial charge in [0.15, 0.2) is 0 Å². The van der Waals surface area contributed by atoms with Crippen LogP contribution in [-0.2, 0) is 19.1 Å². The summed E-state index contributed by atoms with van der Waals surface area (Å²) in [5.41, 5.74) is -0.889. The predicted octanol–water partition coefficient (Wildman–Crippen LogP) is 2.77. The summed E-state index contributed by atoms with van der Waals surface area (Å²) in [5.74, 6) is -2.76. The summed E-state index contributed by atoms with van der Waals surface area (Å²) in [6.45, 7) is 3.46. The second kappa shape index (κ2) is 8.87. The van der Waals surface area contributed by atoms with Crippen LogP contribution in [-0.4, -0.2) is 58.6 Å². The fraction of sp³-hybridized carbons (Fsp3) is 0.444. The number of anilines is 1. The summed E-state index contributed by atoms with van der Waals surface area (Å²) in [5, 5.41) is 16.6. The van der Waals surface area contributed by atoms with Gasteiger partial charge < -0.3 is 25.4 Å². The highest BCUT2D eigenvalue weighted by Gasteiger charge is 2.80. The number of nitrogens with zero attached hydrogens (tertiary/aromatic N) is 1. The lowest BCUT2D eigenvalue weighted by Gasteiger charge is -2.37. The first-order chi connectivity index (χ1) is 17.2. The third-order valence-electron chi connectivity index (χ3n) is 8.33. The van der Waals surface area contributed by atoms with Crippen molar-refractivity contribution in [3.05, 3.63) is 65.2 Å². The van der Waals surface area contributed by atoms with E-state index in [1.165, 1.54) is 11.9 Å². The van der Waals surface area contributed by atoms with Crippen LogP contribution in [0.1, 0.15) is 31.9 Å². The van der Waals surface area contributed by atoms with Gasteiger partial charge in [0.2, 0.25) is 17.7 Å². The van der Waals surface area contributed by atoms with E-state index >= 15 is 0 Å². The first-order valence-corrected chi connectivity index (χ1v) is 12.5. The summed E-state index contributed by atoms with van der Waals surface area (Å²) in [4.78, 5) is 42.8. The Bertz CT molecular complexity index is 1190. The van der Waals surface area contributed by atoms with Crippen LogP contribution >= 0.6 is 11.6 Å². The molecule has 0 aliphatic carbocycles. The van der Waals surface area contributed by atoms with E-state index in [1.54, 1.807) is 24.3 Å². The van der Waals surface area contributed by atoms with E-state index in [0.717, 1.165) is 0 Å². The van der Waals surface area contributed by atoms with Gasteiger partial charge in [-0.3, -0.25) is 14.4 Å². The predicted molar refractivity (Wildman–Crippen MR) is 134 cm³/mol. The second-order valence-electron chi connectivity index (χ2n) is 10.2. The lowest BCUT2D eigenvalue weighted by atomic mass is 9.62. The Hall–Kier alpha value is -2.94. The number of fused-ring (bicyclic) bond motifs is 1. The van der Waals surface area contributed by atoms with Crippen LogP contribution in [0, 0.1) is 17.8 Å². The van der Waals surface area contributed by atoms with Gasteiger partial charge >= 0.3 is 0 Å². The molecule has 3 aliphatic heterocycles. The van der Waals surface area contributed by atoms with Crippen LogP contribution in [0.2, 0.25) is 5.02 Å². The topological polar surface area (TPSA) is 108 Å². The highest BCUT2D eigenvalue weighted by molar-refractivity contribution is 6.30. The zero-order valence-corrected chi connectivity index (χ0v) is 21.2. The highest BCUT2D eigenvalue weighted by atomic mass is 35.5. The number of carbonyl (C=O) groups is 3. The number of halogens is 1. The van der Waals surface area contributed by atoms with Crippen LogP contribution in [0.5, 0.6) is 0 Å². The van der Waals surface area contributed by atoms with Crippen molar-refractivity contribution in [2.75, 3.05) is 19.0 Å². The maximum absolute atomic E-state index is 14.2. The van der Waals surface area contributed by atoms with Gasteiger partial charge in [0.1, 0.15) is 11.6 Å². The Morgan fingerprint density at radius 1 is 1.17 bits per heavy atom. The van der Waals surface area contributed by atoms with Crippen LogP contribution in [0.3, 0.4) is 0 Å². The van der Waals surface area contributed by atoms with Crippen molar-refractivity contribution >= 4 is 35.0 Å². The molecule has 2 aromatic carbocycles. The number of aliphatic hydroxyl groups is 1. The molecule has 5 rings (SSSR count). The number of amides is 3. The van der Waals surface area contributed by atoms with Crippen molar-refractivity contribution in [1.29, 1.82) is 0 Å². The van der Waals surface area contributed by atoms with E-state index in [0.29, 0.717) is 22.7 Å². The highest BCUT2D eigenvalue weighted by Crippen LogP contribution is 2.66. The maximum atomic E-state index is 14.2. The van der Waals surface area contributed by atoms with Crippen LogP contribution in [0.15, 0.2) is 54.6 Å². The first kappa shape index (κ1) is 24.7. The van der Waals surface area contributed by atoms with Gasteiger partial charge in [-0.1, -0.05) is 48.9 Å². The second-order valence-corrected chi connectivity index (χ2v) is 10.6. The summed E-state index contributed by atoms with van der Waals surface area (Å²) >= 11 is 6.01. The molecule has 1 spiro atoms. The van der Waals surface area contributed by atoms with Crippen LogP contribution in [0.4, 0.5) is 5.69 Å². The Labute approximate surface area is 215 Å². The molecule has 7 atom stereocenters. The molecule has 2 bridgehead atoms. The average Bonchev–Trinajstić information content (AvgIpc) is 3.38. The fourth-order valence-corrected chi connectivity index (χ4v) is 6.77. The van der Waals surface area contributed by atoms with Crippen molar-refractivity contribution in [2.45, 2.75) is 43.6 Å². The third kappa shape index (κ3) is 3.46. The third-order valence-corrected chi connectivity index (χ3v) is 8.59. The van der Waals surface area contributed by atoms with Gasteiger partial charge in [0.25, 0.3) is 0 Å². The molecule has 3 unspecified atom stereocenters. The number of hydrogen-bond donors (Lipinski definition) is 3. The smallest absolute Gasteiger partial charge is 0.250 e. The normalized spacial score (nSPS) is 33.4. The molecule has 0 radical (unpaired) electrons. The van der Waals surface area contributed by atoms with Crippen molar-refractivity contribution < 1.29 is 24.2 Å². The zero-order chi connectivity index (χ0) is 25.8. The van der Waals surface area contributed by atoms with E-state index < -0.39 is 41.0 Å². The monoisotopic (exact) mass is 511 g/mol. The van der Waals surface area contributed by atoms with Gasteiger partial charge in [-0.15, -0.1) is 0 Å². The number of benzene rings is 2. The molecule has 3 aliphatic rings. The Morgan fingerprint density at radius 2 is 1.83 bits per heavy atom. The number of rotatable bonds is 6. The molecule has 0 saturated carbocycles. The minimum Gasteiger partial charge on any atom is -0.394 e. The lowest BCUT2D eigenvalue weighted by molar-refractivity contribution is -0.149. The molecule has 9 heteroatoms. The van der Waals surface area contributed by atoms with Gasteiger partial charge in [-0.25, -0.2) is 0 Å². The fourth-order valence-electron chi connectivity index (χ4n) is 6.64. The molecule has 8 nitrogen and oxygen atoms in total. The molecule has 2 aromatic rings. The molecular weight excluding hydrogens is 482 g/mol. The van der Waals surface area contributed by atoms with E-state index in [4.69, 9.17) is 16.3 Å². The largest absolute Gasteiger partial charge is 0.394 e. The number of likely N-dealkylation sites (tertiary alicyclic amines) is 1. The SMILES string of the molecule is CNC(=O)[C@@H]1[C@H]2C(=O)N([C@H](CO)c3ccccc3)C(C(=O)Nc3ccc(Cl)cc3)C23CC(C)[C@@]1(C)O3. The number of nitrogens with one attached hydrogen (secondary N) is 2. The molecule has 36 heavy (non-hydrogen) atoms. The van der Waals surface area contributed by atoms with E-state index in [1.807, 2.05) is 44.2 Å². The van der Waals surface area contributed by atoms with Crippen LogP contribution < -0.4 is 10.6 Å². The average molecular weight is 512 g/mol. The van der Waals surface area contributed by atoms with Crippen molar-refractivity contribution in [3.8, 4) is 0 Å². The van der Waals surface area contributed by atoms with Crippen molar-refractivity contribution in [2.24, 2.45) is 17.8 Å². The molecular formula is C27H30ClN3O5. The van der Waals surface area contributed by atoms with Gasteiger partial charge in [0.05, 0.1) is 30.1 Å². The summed E-state index contributed by atoms with van der Waals surface area (Å²) in [7, 11) is 1.54. The zero-order valence-electron chi connectivity index (χ0n) is 20.4. The maximum Gasteiger partial charge on any atom is 0.250 e. The lowest BCUT2D eigenvalue weighted by Crippen LogP contribution is -2.55. The molecule has 3 N–H and O–H groups in total. The van der Waals surface area contributed by atoms with Gasteiger partial charge in [0, 0.05) is 17.8 Å². The van der Waals surface area contributed by atoms with Gasteiger partial charge in [-0.2, -0.15) is 0 Å². The van der Waals surface area contributed by atoms with E-state index in [-0.39, 0.29) is 24.3 Å². The summed E-state index contributed by atoms with van der Waals surface area (Å²) < 4.78 is 6.65. The minimum absolute atomic E-state index is 0.0704. The number of aliphatic hydroxyl groups excluding tert-OH is 1. The standard InChI is InChI=1S/C27H30ClN3O5/c1-15-13-27-21(20(23(33)29-3)26(15,2)36-27)25(35)31(19(14-32)16-7-5-4-6-8-16)22(27)24(34)30-18-11-9-17(28)10-12-18/h4-12,15,19-22,32H,13-14H2,1-3H3,(H,29,33)(H,30,34)/t15?,19-,20+,21+,22?,26-,27?/m1/s1. The number of carbonyl (C=O) groups excluding carboxylic acids is 3. The molecule has 3 heterocycles. The van der Waals surface area contributed by atoms with Crippen molar-refractivity contribution in [3.63, 3.8) is 0 Å². The quantitative estimate of drug-likeness (QED) is 0.552. The summed E-state index contributed by atoms with van der Waals surface area (Å²) in [6, 6.07) is 14.0. The number of hydrogen-bond acceptors (Lipinski definition) is 5. The molecule has 0 aromatic heterocycles. The summed E-state index contributed by atoms with van der Waals surface area (Å²) in [6.07, 6.45) is 0.440. The Morgan fingerprint density at radius 3 is 2.44 bits per heavy atom. The van der Waals surface area contributed by atoms with E-state index in [2.05, 4.69) is 10.6 Å². The molecule has 3 fully saturated rings. The Kier molecular flexibility index (Phi) is 6.09. The molecule has 3 amide bonds. The number of ether oxygens (including phenoxy) is 1. The molecule has 3 saturated heterocycles. The minimum atomic E-state index is -1.21. The Balaban J connectivity index is 1.63. The first-order valence-electron chi connectivity index (χ1n) is 12.1. The van der Waals surface area contributed by atoms with E-state index in [9.17, 15) is 19.5 Å². The van der Waals surface area contributed by atoms with Crippen LogP contribution in [0.25, 0.3) is 0 Å². The van der Waals surface area contributed by atoms with Crippen molar-refractivity contribution in [1.82, 2.24) is 10.2 Å². The van der Waals surface area contributed by atoms with Gasteiger partial charge in [-0.05, 0) is 49.1 Å². The molecule has 190 valence electrons.